The van der Waals surface area contributed by atoms with Crippen LogP contribution in [0.5, 0.6) is 0 Å². The monoisotopic (exact) mass is 222 g/mol. The summed E-state index contributed by atoms with van der Waals surface area (Å²) >= 11 is 1.74. The van der Waals surface area contributed by atoms with E-state index in [0.717, 1.165) is 25.2 Å². The smallest absolute Gasteiger partial charge is 0.0963 e. The third-order valence-corrected chi connectivity index (χ3v) is 3.49. The summed E-state index contributed by atoms with van der Waals surface area (Å²) in [5.41, 5.74) is 1.35. The van der Waals surface area contributed by atoms with Crippen LogP contribution in [0.25, 0.3) is 0 Å². The SMILES string of the molecule is CCCC(=N)N(Cc1ccsc1)C1CC1. The first-order chi connectivity index (χ1) is 7.31. The Kier molecular flexibility index (Phi) is 3.41. The number of nitrogens with zero attached hydrogens (tertiary/aromatic N) is 1. The maximum absolute atomic E-state index is 8.05. The molecule has 1 aliphatic rings. The van der Waals surface area contributed by atoms with E-state index in [-0.39, 0.29) is 0 Å². The van der Waals surface area contributed by atoms with Crippen molar-refractivity contribution < 1.29 is 0 Å². The van der Waals surface area contributed by atoms with Gasteiger partial charge in [-0.3, -0.25) is 5.41 Å². The van der Waals surface area contributed by atoms with Gasteiger partial charge in [0.2, 0.25) is 0 Å². The molecular formula is C12H18N2S. The molecule has 1 N–H and O–H groups in total. The molecule has 0 spiro atoms. The highest BCUT2D eigenvalue weighted by Gasteiger charge is 2.30. The topological polar surface area (TPSA) is 27.1 Å². The second kappa shape index (κ2) is 4.79. The third kappa shape index (κ3) is 2.81. The average molecular weight is 222 g/mol. The second-order valence-corrected chi connectivity index (χ2v) is 4.97. The molecule has 1 aromatic heterocycles. The summed E-state index contributed by atoms with van der Waals surface area (Å²) < 4.78 is 0. The van der Waals surface area contributed by atoms with Crippen molar-refractivity contribution in [2.75, 3.05) is 0 Å². The fourth-order valence-corrected chi connectivity index (χ4v) is 2.45. The Morgan fingerprint density at radius 3 is 2.93 bits per heavy atom. The molecule has 1 heterocycles. The van der Waals surface area contributed by atoms with Crippen LogP contribution in [-0.4, -0.2) is 16.8 Å². The van der Waals surface area contributed by atoms with Gasteiger partial charge in [0.05, 0.1) is 5.84 Å². The lowest BCUT2D eigenvalue weighted by atomic mass is 10.2. The van der Waals surface area contributed by atoms with E-state index in [0.29, 0.717) is 6.04 Å². The summed E-state index contributed by atoms with van der Waals surface area (Å²) in [6.07, 6.45) is 4.54. The number of thiophene rings is 1. The highest BCUT2D eigenvalue weighted by atomic mass is 32.1. The number of rotatable bonds is 5. The van der Waals surface area contributed by atoms with Crippen molar-refractivity contribution in [2.45, 2.75) is 45.2 Å². The molecule has 1 fully saturated rings. The molecule has 0 aliphatic heterocycles. The standard InChI is InChI=1S/C12H18N2S/c1-2-3-12(13)14(11-4-5-11)8-10-6-7-15-9-10/h6-7,9,11,13H,2-5,8H2,1H3. The highest BCUT2D eigenvalue weighted by molar-refractivity contribution is 7.07. The van der Waals surface area contributed by atoms with E-state index in [1.165, 1.54) is 18.4 Å². The van der Waals surface area contributed by atoms with Gasteiger partial charge >= 0.3 is 0 Å². The maximum atomic E-state index is 8.05. The first-order valence-corrected chi connectivity index (χ1v) is 6.60. The van der Waals surface area contributed by atoms with Crippen molar-refractivity contribution in [3.05, 3.63) is 22.4 Å². The Bertz CT molecular complexity index is 314. The summed E-state index contributed by atoms with van der Waals surface area (Å²) in [4.78, 5) is 2.28. The van der Waals surface area contributed by atoms with Crippen LogP contribution in [0.2, 0.25) is 0 Å². The van der Waals surface area contributed by atoms with Crippen LogP contribution in [0.15, 0.2) is 16.8 Å². The highest BCUT2D eigenvalue weighted by Crippen LogP contribution is 2.29. The molecule has 0 aromatic carbocycles. The molecule has 3 heteroatoms. The Hall–Kier alpha value is -0.830. The van der Waals surface area contributed by atoms with Gasteiger partial charge in [0.25, 0.3) is 0 Å². The summed E-state index contributed by atoms with van der Waals surface area (Å²) in [7, 11) is 0. The summed E-state index contributed by atoms with van der Waals surface area (Å²) in [6, 6.07) is 2.82. The Balaban J connectivity index is 1.97. The molecule has 82 valence electrons. The Labute approximate surface area is 95.4 Å². The van der Waals surface area contributed by atoms with Gasteiger partial charge in [0, 0.05) is 19.0 Å². The van der Waals surface area contributed by atoms with Crippen LogP contribution in [-0.2, 0) is 6.54 Å². The predicted molar refractivity (Wildman–Crippen MR) is 65.5 cm³/mol. The third-order valence-electron chi connectivity index (χ3n) is 2.75. The largest absolute Gasteiger partial charge is 0.353 e. The van der Waals surface area contributed by atoms with Crippen molar-refractivity contribution in [3.63, 3.8) is 0 Å². The van der Waals surface area contributed by atoms with Gasteiger partial charge in [-0.15, -0.1) is 0 Å². The minimum absolute atomic E-state index is 0.656. The summed E-state index contributed by atoms with van der Waals surface area (Å²) in [5, 5.41) is 12.4. The van der Waals surface area contributed by atoms with Crippen LogP contribution < -0.4 is 0 Å². The van der Waals surface area contributed by atoms with Gasteiger partial charge in [-0.25, -0.2) is 0 Å². The molecule has 1 aliphatic carbocycles. The van der Waals surface area contributed by atoms with Gasteiger partial charge in [-0.1, -0.05) is 6.92 Å². The van der Waals surface area contributed by atoms with E-state index < -0.39 is 0 Å². The fraction of sp³-hybridized carbons (Fsp3) is 0.583. The van der Waals surface area contributed by atoms with Crippen molar-refractivity contribution in [2.24, 2.45) is 0 Å². The minimum atomic E-state index is 0.656. The van der Waals surface area contributed by atoms with E-state index in [4.69, 9.17) is 5.41 Å². The predicted octanol–water partition coefficient (Wildman–Crippen LogP) is 3.49. The van der Waals surface area contributed by atoms with Gasteiger partial charge in [0.1, 0.15) is 0 Å². The molecule has 0 atom stereocenters. The fourth-order valence-electron chi connectivity index (χ4n) is 1.79. The molecule has 0 unspecified atom stereocenters. The average Bonchev–Trinajstić information content (AvgIpc) is 2.93. The maximum Gasteiger partial charge on any atom is 0.0963 e. The molecule has 1 aromatic rings. The van der Waals surface area contributed by atoms with Crippen molar-refractivity contribution >= 4 is 17.2 Å². The van der Waals surface area contributed by atoms with Gasteiger partial charge in [-0.2, -0.15) is 11.3 Å². The Morgan fingerprint density at radius 1 is 1.60 bits per heavy atom. The minimum Gasteiger partial charge on any atom is -0.353 e. The lowest BCUT2D eigenvalue weighted by Gasteiger charge is -2.24. The van der Waals surface area contributed by atoms with Crippen LogP contribution >= 0.6 is 11.3 Å². The Morgan fingerprint density at radius 2 is 2.40 bits per heavy atom. The normalized spacial score (nSPS) is 15.3. The van der Waals surface area contributed by atoms with Crippen LogP contribution in [0.4, 0.5) is 0 Å². The second-order valence-electron chi connectivity index (χ2n) is 4.19. The first-order valence-electron chi connectivity index (χ1n) is 5.66. The van der Waals surface area contributed by atoms with E-state index in [1.807, 2.05) is 0 Å². The number of hydrogen-bond donors (Lipinski definition) is 1. The van der Waals surface area contributed by atoms with Crippen LogP contribution in [0.1, 0.15) is 38.2 Å². The molecule has 0 amide bonds. The molecule has 1 saturated carbocycles. The van der Waals surface area contributed by atoms with Gasteiger partial charge < -0.3 is 4.90 Å². The molecule has 0 saturated heterocycles. The van der Waals surface area contributed by atoms with E-state index in [1.54, 1.807) is 11.3 Å². The van der Waals surface area contributed by atoms with Crippen molar-refractivity contribution in [1.82, 2.24) is 4.90 Å². The molecule has 2 rings (SSSR count). The van der Waals surface area contributed by atoms with Crippen molar-refractivity contribution in [3.8, 4) is 0 Å². The van der Waals surface area contributed by atoms with E-state index in [2.05, 4.69) is 28.7 Å². The summed E-state index contributed by atoms with van der Waals surface area (Å²) in [5.74, 6) is 0.825. The van der Waals surface area contributed by atoms with Crippen molar-refractivity contribution in [1.29, 1.82) is 5.41 Å². The van der Waals surface area contributed by atoms with E-state index in [9.17, 15) is 0 Å². The molecule has 0 bridgehead atoms. The number of nitrogens with one attached hydrogen (secondary N) is 1. The van der Waals surface area contributed by atoms with Gasteiger partial charge in [0.15, 0.2) is 0 Å². The quantitative estimate of drug-likeness (QED) is 0.599. The molecule has 0 radical (unpaired) electrons. The van der Waals surface area contributed by atoms with Gasteiger partial charge in [-0.05, 0) is 41.7 Å². The molecule has 2 nitrogen and oxygen atoms in total. The zero-order chi connectivity index (χ0) is 10.7. The molecular weight excluding hydrogens is 204 g/mol. The molecule has 15 heavy (non-hydrogen) atoms. The lowest BCUT2D eigenvalue weighted by Crippen LogP contribution is -2.31. The number of hydrogen-bond acceptors (Lipinski definition) is 2. The first kappa shape index (κ1) is 10.7. The van der Waals surface area contributed by atoms with E-state index >= 15 is 0 Å². The lowest BCUT2D eigenvalue weighted by molar-refractivity contribution is 0.391. The number of amidine groups is 1. The summed E-state index contributed by atoms with van der Waals surface area (Å²) in [6.45, 7) is 3.08. The van der Waals surface area contributed by atoms with Crippen LogP contribution in [0.3, 0.4) is 0 Å². The zero-order valence-corrected chi connectivity index (χ0v) is 10.0. The zero-order valence-electron chi connectivity index (χ0n) is 9.20. The van der Waals surface area contributed by atoms with Crippen LogP contribution in [0, 0.1) is 5.41 Å².